The number of hydrogen-bond donors (Lipinski definition) is 1. The number of ether oxygens (including phenoxy) is 1. The number of carbonyl (C=O) groups is 1. The van der Waals surface area contributed by atoms with E-state index in [9.17, 15) is 9.90 Å². The number of rotatable bonds is 4. The van der Waals surface area contributed by atoms with Crippen LogP contribution in [0.1, 0.15) is 31.4 Å². The summed E-state index contributed by atoms with van der Waals surface area (Å²) < 4.78 is 5.65. The predicted octanol–water partition coefficient (Wildman–Crippen LogP) is 1.74. The summed E-state index contributed by atoms with van der Waals surface area (Å²) in [7, 11) is 1.78. The smallest absolute Gasteiger partial charge is 0.263 e. The van der Waals surface area contributed by atoms with Gasteiger partial charge in [-0.2, -0.15) is 0 Å². The van der Waals surface area contributed by atoms with Gasteiger partial charge in [0.25, 0.3) is 5.91 Å². The molecule has 98 valence electrons. The lowest BCUT2D eigenvalue weighted by Crippen LogP contribution is -2.29. The second kappa shape index (κ2) is 5.40. The lowest BCUT2D eigenvalue weighted by Gasteiger charge is -2.14. The van der Waals surface area contributed by atoms with Gasteiger partial charge >= 0.3 is 0 Å². The zero-order valence-electron chi connectivity index (χ0n) is 10.8. The van der Waals surface area contributed by atoms with Gasteiger partial charge in [0.1, 0.15) is 5.75 Å². The minimum atomic E-state index is -0.432. The highest BCUT2D eigenvalue weighted by atomic mass is 16.5. The second-order valence-corrected chi connectivity index (χ2v) is 4.65. The zero-order chi connectivity index (χ0) is 13.1. The number of likely N-dealkylation sites (N-methyl/N-ethyl adjacent to an activating group) is 1. The van der Waals surface area contributed by atoms with Crippen LogP contribution in [0.5, 0.6) is 5.75 Å². The fourth-order valence-electron chi connectivity index (χ4n) is 2.07. The van der Waals surface area contributed by atoms with E-state index in [-0.39, 0.29) is 12.0 Å². The zero-order valence-corrected chi connectivity index (χ0v) is 10.8. The van der Waals surface area contributed by atoms with Gasteiger partial charge in [0.15, 0.2) is 6.10 Å². The van der Waals surface area contributed by atoms with Crippen molar-refractivity contribution >= 4 is 5.91 Å². The maximum absolute atomic E-state index is 11.7. The van der Waals surface area contributed by atoms with Crippen LogP contribution >= 0.6 is 0 Å². The van der Waals surface area contributed by atoms with Crippen molar-refractivity contribution < 1.29 is 14.6 Å². The monoisotopic (exact) mass is 249 g/mol. The molecule has 0 aliphatic carbocycles. The van der Waals surface area contributed by atoms with Crippen LogP contribution in [0.4, 0.5) is 0 Å². The van der Waals surface area contributed by atoms with Crippen molar-refractivity contribution in [2.45, 2.75) is 32.0 Å². The molecule has 0 bridgehead atoms. The molecule has 0 spiro atoms. The standard InChI is InChI=1S/C14H19NO3/c1-3-12(16)10-4-6-11(7-5-10)18-13-8-9-15(2)14(13)17/h4-7,12-13,16H,3,8-9H2,1-2H3/t12-,13?/m0/s1. The minimum absolute atomic E-state index is 0.0349. The van der Waals surface area contributed by atoms with Crippen LogP contribution in [-0.4, -0.2) is 35.6 Å². The fraction of sp³-hybridized carbons (Fsp3) is 0.500. The molecule has 0 aromatic heterocycles. The summed E-state index contributed by atoms with van der Waals surface area (Å²) in [6, 6.07) is 7.29. The number of amides is 1. The van der Waals surface area contributed by atoms with Gasteiger partial charge in [-0.15, -0.1) is 0 Å². The van der Waals surface area contributed by atoms with Gasteiger partial charge in [0.05, 0.1) is 6.10 Å². The molecule has 1 aromatic carbocycles. The highest BCUT2D eigenvalue weighted by Crippen LogP contribution is 2.22. The van der Waals surface area contributed by atoms with E-state index in [1.54, 1.807) is 24.1 Å². The topological polar surface area (TPSA) is 49.8 Å². The van der Waals surface area contributed by atoms with E-state index in [0.717, 1.165) is 18.5 Å². The van der Waals surface area contributed by atoms with Crippen molar-refractivity contribution in [3.63, 3.8) is 0 Å². The molecule has 1 heterocycles. The summed E-state index contributed by atoms with van der Waals surface area (Å²) in [4.78, 5) is 13.4. The molecule has 1 aliphatic heterocycles. The molecule has 1 aliphatic rings. The third-order valence-corrected chi connectivity index (χ3v) is 3.31. The van der Waals surface area contributed by atoms with Crippen molar-refractivity contribution in [1.82, 2.24) is 4.90 Å². The summed E-state index contributed by atoms with van der Waals surface area (Å²) in [5.41, 5.74) is 0.875. The third kappa shape index (κ3) is 2.64. The predicted molar refractivity (Wildman–Crippen MR) is 68.4 cm³/mol. The van der Waals surface area contributed by atoms with Gasteiger partial charge in [-0.25, -0.2) is 0 Å². The maximum Gasteiger partial charge on any atom is 0.263 e. The fourth-order valence-corrected chi connectivity index (χ4v) is 2.07. The number of aliphatic hydroxyl groups is 1. The Kier molecular flexibility index (Phi) is 3.87. The van der Waals surface area contributed by atoms with Gasteiger partial charge in [-0.1, -0.05) is 19.1 Å². The lowest BCUT2D eigenvalue weighted by molar-refractivity contribution is -0.132. The van der Waals surface area contributed by atoms with Crippen molar-refractivity contribution in [2.75, 3.05) is 13.6 Å². The van der Waals surface area contributed by atoms with Crippen molar-refractivity contribution in [3.05, 3.63) is 29.8 Å². The molecule has 1 aromatic rings. The molecule has 1 fully saturated rings. The highest BCUT2D eigenvalue weighted by Gasteiger charge is 2.30. The van der Waals surface area contributed by atoms with Crippen molar-refractivity contribution in [3.8, 4) is 5.75 Å². The van der Waals surface area contributed by atoms with Gasteiger partial charge in [-0.3, -0.25) is 4.79 Å². The third-order valence-electron chi connectivity index (χ3n) is 3.31. The van der Waals surface area contributed by atoms with Crippen LogP contribution in [0.2, 0.25) is 0 Å². The molecule has 1 amide bonds. The first-order valence-electron chi connectivity index (χ1n) is 6.31. The summed E-state index contributed by atoms with van der Waals surface area (Å²) in [6.07, 6.45) is 0.621. The van der Waals surface area contributed by atoms with Crippen LogP contribution < -0.4 is 4.74 Å². The first kappa shape index (κ1) is 12.9. The largest absolute Gasteiger partial charge is 0.481 e. The average molecular weight is 249 g/mol. The van der Waals surface area contributed by atoms with E-state index in [4.69, 9.17) is 4.74 Å². The molecule has 0 radical (unpaired) electrons. The SMILES string of the molecule is CC[C@H](O)c1ccc(OC2CCN(C)C2=O)cc1. The number of hydrogen-bond acceptors (Lipinski definition) is 3. The maximum atomic E-state index is 11.7. The molecule has 1 N–H and O–H groups in total. The number of carbonyl (C=O) groups excluding carboxylic acids is 1. The molecule has 4 heteroatoms. The van der Waals surface area contributed by atoms with E-state index >= 15 is 0 Å². The normalized spacial score (nSPS) is 21.2. The first-order chi connectivity index (χ1) is 8.61. The number of aliphatic hydroxyl groups excluding tert-OH is 1. The van der Waals surface area contributed by atoms with Crippen LogP contribution in [-0.2, 0) is 4.79 Å². The van der Waals surface area contributed by atoms with Crippen LogP contribution in [0, 0.1) is 0 Å². The molecule has 1 unspecified atom stereocenters. The van der Waals surface area contributed by atoms with E-state index in [1.807, 2.05) is 19.1 Å². The van der Waals surface area contributed by atoms with Crippen LogP contribution in [0.25, 0.3) is 0 Å². The Hall–Kier alpha value is -1.55. The van der Waals surface area contributed by atoms with Crippen LogP contribution in [0.3, 0.4) is 0 Å². The Morgan fingerprint density at radius 3 is 2.61 bits per heavy atom. The number of nitrogens with zero attached hydrogens (tertiary/aromatic N) is 1. The molecule has 18 heavy (non-hydrogen) atoms. The summed E-state index contributed by atoms with van der Waals surface area (Å²) in [6.45, 7) is 2.68. The van der Waals surface area contributed by atoms with Gasteiger partial charge in [0, 0.05) is 20.0 Å². The Labute approximate surface area is 107 Å². The van der Waals surface area contributed by atoms with E-state index in [1.165, 1.54) is 0 Å². The van der Waals surface area contributed by atoms with E-state index in [2.05, 4.69) is 0 Å². The van der Waals surface area contributed by atoms with Gasteiger partial charge in [0.2, 0.25) is 0 Å². The molecule has 2 rings (SSSR count). The molecular formula is C14H19NO3. The van der Waals surface area contributed by atoms with Gasteiger partial charge < -0.3 is 14.7 Å². The Morgan fingerprint density at radius 1 is 1.44 bits per heavy atom. The summed E-state index contributed by atoms with van der Waals surface area (Å²) in [5, 5.41) is 9.68. The lowest BCUT2D eigenvalue weighted by atomic mass is 10.1. The Bertz CT molecular complexity index is 416. The minimum Gasteiger partial charge on any atom is -0.481 e. The Morgan fingerprint density at radius 2 is 2.11 bits per heavy atom. The Balaban J connectivity index is 2.00. The molecule has 1 saturated heterocycles. The number of benzene rings is 1. The second-order valence-electron chi connectivity index (χ2n) is 4.65. The van der Waals surface area contributed by atoms with Crippen molar-refractivity contribution in [1.29, 1.82) is 0 Å². The number of likely N-dealkylation sites (tertiary alicyclic amines) is 1. The first-order valence-corrected chi connectivity index (χ1v) is 6.31. The molecular weight excluding hydrogens is 230 g/mol. The summed E-state index contributed by atoms with van der Waals surface area (Å²) >= 11 is 0. The average Bonchev–Trinajstić information content (AvgIpc) is 2.71. The molecule has 0 saturated carbocycles. The quantitative estimate of drug-likeness (QED) is 0.884. The highest BCUT2D eigenvalue weighted by molar-refractivity contribution is 5.83. The van der Waals surface area contributed by atoms with E-state index in [0.29, 0.717) is 12.2 Å². The van der Waals surface area contributed by atoms with E-state index < -0.39 is 6.10 Å². The van der Waals surface area contributed by atoms with Crippen LogP contribution in [0.15, 0.2) is 24.3 Å². The molecule has 4 nitrogen and oxygen atoms in total. The van der Waals surface area contributed by atoms with Gasteiger partial charge in [-0.05, 0) is 24.1 Å². The molecule has 2 atom stereocenters. The van der Waals surface area contributed by atoms with Crippen molar-refractivity contribution in [2.24, 2.45) is 0 Å². The summed E-state index contributed by atoms with van der Waals surface area (Å²) in [5.74, 6) is 0.711.